The molecule has 0 unspecified atom stereocenters. The molecule has 0 aliphatic heterocycles. The highest BCUT2D eigenvalue weighted by Gasteiger charge is 2.19. The number of esters is 1. The Bertz CT molecular complexity index is 1270. The van der Waals surface area contributed by atoms with Crippen molar-refractivity contribution in [2.75, 3.05) is 0 Å². The molecule has 0 bridgehead atoms. The first-order valence-corrected chi connectivity index (χ1v) is 8.89. The number of aryl methyl sites for hydroxylation is 2. The molecule has 4 aromatic rings. The molecular weight excluding hydrogens is 374 g/mol. The Labute approximate surface area is 165 Å². The second kappa shape index (κ2) is 7.31. The summed E-state index contributed by atoms with van der Waals surface area (Å²) in [5, 5.41) is 4.55. The van der Waals surface area contributed by atoms with E-state index in [1.807, 2.05) is 31.2 Å². The number of nitrogens with zero attached hydrogens (tertiary/aromatic N) is 3. The van der Waals surface area contributed by atoms with Crippen molar-refractivity contribution < 1.29 is 18.5 Å². The van der Waals surface area contributed by atoms with E-state index in [9.17, 15) is 9.59 Å². The minimum absolute atomic E-state index is 0.00469. The Kier molecular flexibility index (Phi) is 4.67. The Morgan fingerprint density at radius 3 is 2.66 bits per heavy atom. The maximum absolute atomic E-state index is 12.5. The number of ether oxygens (including phenoxy) is 1. The van der Waals surface area contributed by atoms with Gasteiger partial charge in [-0.05, 0) is 19.9 Å². The van der Waals surface area contributed by atoms with Crippen molar-refractivity contribution in [1.29, 1.82) is 0 Å². The predicted octanol–water partition coefficient (Wildman–Crippen LogP) is 3.58. The molecule has 0 radical (unpaired) electrons. The van der Waals surface area contributed by atoms with E-state index < -0.39 is 11.6 Å². The Hall–Kier alpha value is -3.81. The number of hydrogen-bond acceptors (Lipinski definition) is 8. The van der Waals surface area contributed by atoms with Crippen LogP contribution in [-0.4, -0.2) is 21.1 Å². The molecule has 3 aromatic heterocycles. The lowest BCUT2D eigenvalue weighted by atomic mass is 10.1. The number of carbonyl (C=O) groups is 1. The Morgan fingerprint density at radius 1 is 1.17 bits per heavy atom. The first-order chi connectivity index (χ1) is 13.9. The summed E-state index contributed by atoms with van der Waals surface area (Å²) in [4.78, 5) is 32.3. The monoisotopic (exact) mass is 391 g/mol. The van der Waals surface area contributed by atoms with Gasteiger partial charge in [0.05, 0.1) is 5.69 Å². The zero-order valence-corrected chi connectivity index (χ0v) is 16.1. The highest BCUT2D eigenvalue weighted by Crippen LogP contribution is 2.26. The van der Waals surface area contributed by atoms with Crippen LogP contribution in [0.15, 0.2) is 50.3 Å². The molecule has 0 spiro atoms. The smallest absolute Gasteiger partial charge is 0.349 e. The number of fused-ring (bicyclic) bond motifs is 1. The molecule has 0 fully saturated rings. The van der Waals surface area contributed by atoms with Crippen molar-refractivity contribution in [1.82, 2.24) is 15.1 Å². The topological polar surface area (TPSA) is 108 Å². The molecule has 0 N–H and O–H groups in total. The van der Waals surface area contributed by atoms with Crippen molar-refractivity contribution in [3.63, 3.8) is 0 Å². The van der Waals surface area contributed by atoms with Crippen LogP contribution >= 0.6 is 0 Å². The van der Waals surface area contributed by atoms with Gasteiger partial charge in [0.15, 0.2) is 5.58 Å². The SMILES string of the molecule is CC(=O)OCc1cnc(C)c2oc(=O)c(-c3nc(-c4ccc(C)cc4)no3)cc12. The van der Waals surface area contributed by atoms with E-state index in [4.69, 9.17) is 13.7 Å². The fourth-order valence-electron chi connectivity index (χ4n) is 2.88. The lowest BCUT2D eigenvalue weighted by Crippen LogP contribution is -2.06. The van der Waals surface area contributed by atoms with Crippen LogP contribution in [0, 0.1) is 13.8 Å². The summed E-state index contributed by atoms with van der Waals surface area (Å²) in [6.45, 7) is 5.03. The fourth-order valence-corrected chi connectivity index (χ4v) is 2.88. The van der Waals surface area contributed by atoms with Crippen LogP contribution in [0.25, 0.3) is 33.8 Å². The van der Waals surface area contributed by atoms with E-state index in [-0.39, 0.29) is 18.1 Å². The predicted molar refractivity (Wildman–Crippen MR) is 104 cm³/mol. The molecule has 0 atom stereocenters. The fraction of sp³-hybridized carbons (Fsp3) is 0.190. The van der Waals surface area contributed by atoms with E-state index in [1.54, 1.807) is 19.2 Å². The largest absolute Gasteiger partial charge is 0.461 e. The van der Waals surface area contributed by atoms with Gasteiger partial charge in [-0.2, -0.15) is 4.98 Å². The average molecular weight is 391 g/mol. The molecule has 0 saturated heterocycles. The van der Waals surface area contributed by atoms with Gasteiger partial charge in [0, 0.05) is 29.6 Å². The van der Waals surface area contributed by atoms with Crippen molar-refractivity contribution in [2.45, 2.75) is 27.4 Å². The van der Waals surface area contributed by atoms with E-state index in [0.717, 1.165) is 11.1 Å². The van der Waals surface area contributed by atoms with E-state index >= 15 is 0 Å². The Morgan fingerprint density at radius 2 is 1.93 bits per heavy atom. The van der Waals surface area contributed by atoms with Crippen molar-refractivity contribution >= 4 is 16.9 Å². The highest BCUT2D eigenvalue weighted by molar-refractivity contribution is 5.85. The van der Waals surface area contributed by atoms with Crippen LogP contribution < -0.4 is 5.63 Å². The Balaban J connectivity index is 1.81. The number of rotatable bonds is 4. The molecule has 8 nitrogen and oxygen atoms in total. The summed E-state index contributed by atoms with van der Waals surface area (Å²) in [5.41, 5.74) is 2.85. The van der Waals surface area contributed by atoms with Crippen LogP contribution in [0.4, 0.5) is 0 Å². The lowest BCUT2D eigenvalue weighted by Gasteiger charge is -2.08. The second-order valence-corrected chi connectivity index (χ2v) is 6.63. The van der Waals surface area contributed by atoms with Gasteiger partial charge in [-0.15, -0.1) is 0 Å². The van der Waals surface area contributed by atoms with E-state index in [2.05, 4.69) is 15.1 Å². The van der Waals surface area contributed by atoms with Crippen LogP contribution in [-0.2, 0) is 16.1 Å². The van der Waals surface area contributed by atoms with Crippen LogP contribution in [0.3, 0.4) is 0 Å². The first-order valence-electron chi connectivity index (χ1n) is 8.89. The van der Waals surface area contributed by atoms with Crippen LogP contribution in [0.1, 0.15) is 23.7 Å². The molecule has 1 aromatic carbocycles. The number of carbonyl (C=O) groups excluding carboxylic acids is 1. The van der Waals surface area contributed by atoms with Crippen molar-refractivity contribution in [3.05, 3.63) is 63.8 Å². The van der Waals surface area contributed by atoms with Crippen molar-refractivity contribution in [2.24, 2.45) is 0 Å². The second-order valence-electron chi connectivity index (χ2n) is 6.63. The minimum Gasteiger partial charge on any atom is -0.461 e. The van der Waals surface area contributed by atoms with Crippen molar-refractivity contribution in [3.8, 4) is 22.8 Å². The normalized spacial score (nSPS) is 11.0. The third-order valence-electron chi connectivity index (χ3n) is 4.43. The minimum atomic E-state index is -0.619. The zero-order chi connectivity index (χ0) is 20.5. The summed E-state index contributed by atoms with van der Waals surface area (Å²) in [6, 6.07) is 9.22. The summed E-state index contributed by atoms with van der Waals surface area (Å²) < 4.78 is 15.9. The molecule has 4 rings (SSSR count). The van der Waals surface area contributed by atoms with Gasteiger partial charge >= 0.3 is 11.6 Å². The zero-order valence-electron chi connectivity index (χ0n) is 16.1. The van der Waals surface area contributed by atoms with Gasteiger partial charge in [0.2, 0.25) is 5.82 Å². The quantitative estimate of drug-likeness (QED) is 0.486. The molecule has 8 heteroatoms. The standard InChI is InChI=1S/C21H17N3O5/c1-11-4-6-14(7-5-11)19-23-20(29-24-19)17-8-16-15(10-27-13(3)25)9-22-12(2)18(16)28-21(17)26/h4-9H,10H2,1-3H3. The molecule has 0 aliphatic rings. The third-order valence-corrected chi connectivity index (χ3v) is 4.43. The van der Waals surface area contributed by atoms with Gasteiger partial charge < -0.3 is 13.7 Å². The number of hydrogen-bond donors (Lipinski definition) is 0. The summed E-state index contributed by atoms with van der Waals surface area (Å²) >= 11 is 0. The molecular formula is C21H17N3O5. The maximum Gasteiger partial charge on any atom is 0.349 e. The number of aromatic nitrogens is 3. The molecule has 146 valence electrons. The summed E-state index contributed by atoms with van der Waals surface area (Å²) in [6.07, 6.45) is 1.58. The van der Waals surface area contributed by atoms with E-state index in [0.29, 0.717) is 28.1 Å². The molecule has 29 heavy (non-hydrogen) atoms. The third kappa shape index (κ3) is 3.64. The summed E-state index contributed by atoms with van der Waals surface area (Å²) in [7, 11) is 0. The van der Waals surface area contributed by atoms with Gasteiger partial charge in [0.1, 0.15) is 12.2 Å². The van der Waals surface area contributed by atoms with Gasteiger partial charge in [-0.1, -0.05) is 35.0 Å². The van der Waals surface area contributed by atoms with E-state index in [1.165, 1.54) is 6.92 Å². The van der Waals surface area contributed by atoms with Gasteiger partial charge in [0.25, 0.3) is 5.89 Å². The highest BCUT2D eigenvalue weighted by atomic mass is 16.5. The molecule has 0 amide bonds. The van der Waals surface area contributed by atoms with Gasteiger partial charge in [-0.25, -0.2) is 4.79 Å². The number of benzene rings is 1. The van der Waals surface area contributed by atoms with Gasteiger partial charge in [-0.3, -0.25) is 9.78 Å². The molecule has 3 heterocycles. The number of pyridine rings is 1. The van der Waals surface area contributed by atoms with Crippen LogP contribution in [0.5, 0.6) is 0 Å². The lowest BCUT2D eigenvalue weighted by molar-refractivity contribution is -0.142. The van der Waals surface area contributed by atoms with Crippen LogP contribution in [0.2, 0.25) is 0 Å². The molecule has 0 saturated carbocycles. The average Bonchev–Trinajstić information content (AvgIpc) is 3.18. The first kappa shape index (κ1) is 18.5. The molecule has 0 aliphatic carbocycles. The maximum atomic E-state index is 12.5. The summed E-state index contributed by atoms with van der Waals surface area (Å²) in [5.74, 6) is -0.00866.